The fraction of sp³-hybridized carbons (Fsp3) is 0.900. The number of ether oxygens (including phenoxy) is 1. The molecule has 1 saturated heterocycles. The van der Waals surface area contributed by atoms with Crippen LogP contribution in [0.1, 0.15) is 13.3 Å². The normalized spacial score (nSPS) is 22.7. The Morgan fingerprint density at radius 3 is 3.13 bits per heavy atom. The van der Waals surface area contributed by atoms with Crippen molar-refractivity contribution in [3.63, 3.8) is 0 Å². The Hall–Kier alpha value is -0.650. The van der Waals surface area contributed by atoms with E-state index in [1.807, 2.05) is 0 Å². The highest BCUT2D eigenvalue weighted by molar-refractivity contribution is 5.69. The van der Waals surface area contributed by atoms with Gasteiger partial charge in [-0.05, 0) is 6.92 Å². The van der Waals surface area contributed by atoms with Crippen molar-refractivity contribution in [2.75, 3.05) is 39.4 Å². The van der Waals surface area contributed by atoms with Gasteiger partial charge in [0.2, 0.25) is 0 Å². The molecule has 1 atom stereocenters. The predicted molar refractivity (Wildman–Crippen MR) is 56.6 cm³/mol. The number of aliphatic hydroxyl groups is 1. The van der Waals surface area contributed by atoms with Gasteiger partial charge in [0.1, 0.15) is 0 Å². The Bertz CT molecular complexity index is 199. The van der Waals surface area contributed by atoms with Crippen LogP contribution in [0.3, 0.4) is 0 Å². The number of nitrogens with one attached hydrogen (secondary N) is 1. The first-order chi connectivity index (χ1) is 7.27. The van der Waals surface area contributed by atoms with Crippen LogP contribution in [0, 0.1) is 0 Å². The second kappa shape index (κ2) is 6.76. The van der Waals surface area contributed by atoms with Crippen molar-refractivity contribution in [1.82, 2.24) is 10.2 Å². The largest absolute Gasteiger partial charge is 0.466 e. The SMILES string of the molecule is CCOC(=O)CCN1CCNC[C@@H]1CO. The highest BCUT2D eigenvalue weighted by Crippen LogP contribution is 2.03. The maximum Gasteiger partial charge on any atom is 0.307 e. The third-order valence-corrected chi connectivity index (χ3v) is 2.59. The summed E-state index contributed by atoms with van der Waals surface area (Å²) >= 11 is 0. The van der Waals surface area contributed by atoms with E-state index in [1.54, 1.807) is 6.92 Å². The van der Waals surface area contributed by atoms with Gasteiger partial charge in [-0.1, -0.05) is 0 Å². The summed E-state index contributed by atoms with van der Waals surface area (Å²) in [7, 11) is 0. The van der Waals surface area contributed by atoms with Gasteiger partial charge in [-0.3, -0.25) is 9.69 Å². The topological polar surface area (TPSA) is 61.8 Å². The van der Waals surface area contributed by atoms with E-state index >= 15 is 0 Å². The number of carbonyl (C=O) groups excluding carboxylic acids is 1. The molecule has 0 saturated carbocycles. The molecular weight excluding hydrogens is 196 g/mol. The second-order valence-corrected chi connectivity index (χ2v) is 3.63. The van der Waals surface area contributed by atoms with E-state index in [-0.39, 0.29) is 18.6 Å². The summed E-state index contributed by atoms with van der Waals surface area (Å²) in [5.41, 5.74) is 0. The Labute approximate surface area is 90.4 Å². The summed E-state index contributed by atoms with van der Waals surface area (Å²) in [5, 5.41) is 12.3. The van der Waals surface area contributed by atoms with Crippen molar-refractivity contribution >= 4 is 5.97 Å². The summed E-state index contributed by atoms with van der Waals surface area (Å²) in [6, 6.07) is 0.133. The van der Waals surface area contributed by atoms with Gasteiger partial charge in [0.05, 0.1) is 19.6 Å². The number of aliphatic hydroxyl groups excluding tert-OH is 1. The van der Waals surface area contributed by atoms with Crippen molar-refractivity contribution in [2.24, 2.45) is 0 Å². The van der Waals surface area contributed by atoms with E-state index < -0.39 is 0 Å². The molecule has 0 aromatic rings. The number of hydrogen-bond acceptors (Lipinski definition) is 5. The molecule has 5 heteroatoms. The monoisotopic (exact) mass is 216 g/mol. The molecule has 1 fully saturated rings. The van der Waals surface area contributed by atoms with Crippen LogP contribution in [0.15, 0.2) is 0 Å². The van der Waals surface area contributed by atoms with Crippen LogP contribution in [0.2, 0.25) is 0 Å². The molecular formula is C10H20N2O3. The Kier molecular flexibility index (Phi) is 5.60. The molecule has 2 N–H and O–H groups in total. The number of carbonyl (C=O) groups is 1. The van der Waals surface area contributed by atoms with E-state index in [0.717, 1.165) is 19.6 Å². The van der Waals surface area contributed by atoms with Crippen molar-refractivity contribution in [3.05, 3.63) is 0 Å². The number of rotatable bonds is 5. The molecule has 1 rings (SSSR count). The van der Waals surface area contributed by atoms with Gasteiger partial charge in [-0.2, -0.15) is 0 Å². The minimum atomic E-state index is -0.160. The molecule has 0 aromatic carbocycles. The van der Waals surface area contributed by atoms with Gasteiger partial charge < -0.3 is 15.2 Å². The van der Waals surface area contributed by atoms with Crippen LogP contribution in [-0.4, -0.2) is 61.4 Å². The Morgan fingerprint density at radius 2 is 2.47 bits per heavy atom. The summed E-state index contributed by atoms with van der Waals surface area (Å²) in [6.07, 6.45) is 0.407. The van der Waals surface area contributed by atoms with Gasteiger partial charge in [-0.25, -0.2) is 0 Å². The van der Waals surface area contributed by atoms with Crippen LogP contribution in [-0.2, 0) is 9.53 Å². The van der Waals surface area contributed by atoms with Gasteiger partial charge in [0.15, 0.2) is 0 Å². The molecule has 0 unspecified atom stereocenters. The van der Waals surface area contributed by atoms with Crippen molar-refractivity contribution in [3.8, 4) is 0 Å². The lowest BCUT2D eigenvalue weighted by atomic mass is 10.2. The van der Waals surface area contributed by atoms with Crippen molar-refractivity contribution in [2.45, 2.75) is 19.4 Å². The van der Waals surface area contributed by atoms with Gasteiger partial charge in [0.25, 0.3) is 0 Å². The minimum Gasteiger partial charge on any atom is -0.466 e. The number of esters is 1. The van der Waals surface area contributed by atoms with E-state index in [4.69, 9.17) is 9.84 Å². The maximum atomic E-state index is 11.2. The highest BCUT2D eigenvalue weighted by atomic mass is 16.5. The van der Waals surface area contributed by atoms with Crippen molar-refractivity contribution in [1.29, 1.82) is 0 Å². The second-order valence-electron chi connectivity index (χ2n) is 3.63. The molecule has 1 aliphatic rings. The Morgan fingerprint density at radius 1 is 1.67 bits per heavy atom. The maximum absolute atomic E-state index is 11.2. The van der Waals surface area contributed by atoms with Crippen molar-refractivity contribution < 1.29 is 14.6 Å². The molecule has 0 aliphatic carbocycles. The van der Waals surface area contributed by atoms with Crippen LogP contribution < -0.4 is 5.32 Å². The van der Waals surface area contributed by atoms with Gasteiger partial charge in [-0.15, -0.1) is 0 Å². The fourth-order valence-corrected chi connectivity index (χ4v) is 1.75. The first kappa shape index (κ1) is 12.4. The van der Waals surface area contributed by atoms with Crippen LogP contribution in [0.5, 0.6) is 0 Å². The van der Waals surface area contributed by atoms with Crippen LogP contribution in [0.4, 0.5) is 0 Å². The van der Waals surface area contributed by atoms with E-state index in [9.17, 15) is 4.79 Å². The smallest absolute Gasteiger partial charge is 0.307 e. The zero-order valence-electron chi connectivity index (χ0n) is 9.24. The summed E-state index contributed by atoms with van der Waals surface area (Å²) in [4.78, 5) is 13.3. The first-order valence-electron chi connectivity index (χ1n) is 5.49. The molecule has 15 heavy (non-hydrogen) atoms. The molecule has 0 spiro atoms. The van der Waals surface area contributed by atoms with Crippen LogP contribution >= 0.6 is 0 Å². The molecule has 0 aromatic heterocycles. The van der Waals surface area contributed by atoms with E-state index in [1.165, 1.54) is 0 Å². The molecule has 88 valence electrons. The fourth-order valence-electron chi connectivity index (χ4n) is 1.75. The summed E-state index contributed by atoms with van der Waals surface area (Å²) < 4.78 is 4.86. The molecule has 1 aliphatic heterocycles. The first-order valence-corrected chi connectivity index (χ1v) is 5.49. The third kappa shape index (κ3) is 4.15. The zero-order chi connectivity index (χ0) is 11.1. The van der Waals surface area contributed by atoms with Gasteiger partial charge in [0, 0.05) is 32.2 Å². The molecule has 0 radical (unpaired) electrons. The van der Waals surface area contributed by atoms with Gasteiger partial charge >= 0.3 is 5.97 Å². The van der Waals surface area contributed by atoms with E-state index in [0.29, 0.717) is 19.6 Å². The average Bonchev–Trinajstić information content (AvgIpc) is 2.27. The molecule has 0 amide bonds. The zero-order valence-corrected chi connectivity index (χ0v) is 9.24. The minimum absolute atomic E-state index is 0.133. The lowest BCUT2D eigenvalue weighted by Gasteiger charge is -2.34. The summed E-state index contributed by atoms with van der Waals surface area (Å²) in [6.45, 7) is 5.63. The molecule has 0 bridgehead atoms. The van der Waals surface area contributed by atoms with Crippen LogP contribution in [0.25, 0.3) is 0 Å². The third-order valence-electron chi connectivity index (χ3n) is 2.59. The summed E-state index contributed by atoms with van der Waals surface area (Å²) in [5.74, 6) is -0.160. The predicted octanol–water partition coefficient (Wildman–Crippen LogP) is -0.794. The molecule has 5 nitrogen and oxygen atoms in total. The number of nitrogens with zero attached hydrogens (tertiary/aromatic N) is 1. The number of piperazine rings is 1. The quantitative estimate of drug-likeness (QED) is 0.590. The lowest BCUT2D eigenvalue weighted by molar-refractivity contribution is -0.143. The molecule has 1 heterocycles. The van der Waals surface area contributed by atoms with E-state index in [2.05, 4.69) is 10.2 Å². The standard InChI is InChI=1S/C10H20N2O3/c1-2-15-10(14)3-5-12-6-4-11-7-9(12)8-13/h9,11,13H,2-8H2,1H3/t9-/m1/s1. The highest BCUT2D eigenvalue weighted by Gasteiger charge is 2.21. The number of hydrogen-bond donors (Lipinski definition) is 2. The Balaban J connectivity index is 2.26. The lowest BCUT2D eigenvalue weighted by Crippen LogP contribution is -2.53. The average molecular weight is 216 g/mol.